The number of nitrogens with one attached hydrogen (secondary N) is 1. The first-order chi connectivity index (χ1) is 10.1. The molecule has 0 bridgehead atoms. The number of nitrogens with zero attached hydrogens (tertiary/aromatic N) is 1. The van der Waals surface area contributed by atoms with Gasteiger partial charge in [0.1, 0.15) is 0 Å². The molecule has 0 unspecified atom stereocenters. The first-order valence-corrected chi connectivity index (χ1v) is 7.39. The van der Waals surface area contributed by atoms with Gasteiger partial charge in [0, 0.05) is 25.4 Å². The fourth-order valence-electron chi connectivity index (χ4n) is 2.12. The van der Waals surface area contributed by atoms with Crippen LogP contribution in [0.4, 0.5) is 0 Å². The van der Waals surface area contributed by atoms with E-state index in [1.807, 2.05) is 12.1 Å². The number of hydrogen-bond donors (Lipinski definition) is 1. The lowest BCUT2D eigenvalue weighted by atomic mass is 10.0. The van der Waals surface area contributed by atoms with Crippen molar-refractivity contribution in [1.82, 2.24) is 10.3 Å². The van der Waals surface area contributed by atoms with Crippen LogP contribution in [0.1, 0.15) is 42.9 Å². The largest absolute Gasteiger partial charge is 0.352 e. The van der Waals surface area contributed by atoms with E-state index in [-0.39, 0.29) is 5.91 Å². The lowest BCUT2D eigenvalue weighted by Gasteiger charge is -2.07. The summed E-state index contributed by atoms with van der Waals surface area (Å²) in [7, 11) is 0. The van der Waals surface area contributed by atoms with E-state index >= 15 is 0 Å². The molecule has 2 rings (SSSR count). The highest BCUT2D eigenvalue weighted by atomic mass is 16.1. The van der Waals surface area contributed by atoms with E-state index in [0.717, 1.165) is 12.0 Å². The molecule has 21 heavy (non-hydrogen) atoms. The van der Waals surface area contributed by atoms with Gasteiger partial charge in [-0.3, -0.25) is 9.78 Å². The normalized spacial score (nSPS) is 10.6. The average molecular weight is 282 g/mol. The van der Waals surface area contributed by atoms with Crippen molar-refractivity contribution in [3.8, 4) is 0 Å². The third-order valence-electron chi connectivity index (χ3n) is 3.50. The van der Waals surface area contributed by atoms with E-state index in [1.165, 1.54) is 11.1 Å². The second kappa shape index (κ2) is 7.58. The molecular weight excluding hydrogens is 260 g/mol. The molecule has 1 aromatic carbocycles. The van der Waals surface area contributed by atoms with Gasteiger partial charge in [0.25, 0.3) is 0 Å². The van der Waals surface area contributed by atoms with Crippen LogP contribution in [0.5, 0.6) is 0 Å². The molecule has 3 heteroatoms. The molecular formula is C18H22N2O. The monoisotopic (exact) mass is 282 g/mol. The number of benzene rings is 1. The van der Waals surface area contributed by atoms with Crippen LogP contribution in [0, 0.1) is 0 Å². The van der Waals surface area contributed by atoms with Crippen molar-refractivity contribution in [2.75, 3.05) is 0 Å². The summed E-state index contributed by atoms with van der Waals surface area (Å²) in [5.74, 6) is 0.619. The van der Waals surface area contributed by atoms with Gasteiger partial charge < -0.3 is 5.32 Å². The molecule has 0 radical (unpaired) electrons. The lowest BCUT2D eigenvalue weighted by molar-refractivity contribution is -0.121. The van der Waals surface area contributed by atoms with Gasteiger partial charge in [-0.15, -0.1) is 0 Å². The van der Waals surface area contributed by atoms with E-state index in [0.29, 0.717) is 18.9 Å². The van der Waals surface area contributed by atoms with Crippen molar-refractivity contribution in [1.29, 1.82) is 0 Å². The maximum atomic E-state index is 11.8. The van der Waals surface area contributed by atoms with E-state index in [4.69, 9.17) is 0 Å². The molecule has 2 aromatic rings. The van der Waals surface area contributed by atoms with Crippen LogP contribution in [-0.4, -0.2) is 10.9 Å². The summed E-state index contributed by atoms with van der Waals surface area (Å²) in [5.41, 5.74) is 3.56. The van der Waals surface area contributed by atoms with Crippen molar-refractivity contribution in [3.63, 3.8) is 0 Å². The number of amides is 1. The maximum absolute atomic E-state index is 11.8. The van der Waals surface area contributed by atoms with Crippen molar-refractivity contribution >= 4 is 5.91 Å². The Morgan fingerprint density at radius 1 is 1.14 bits per heavy atom. The van der Waals surface area contributed by atoms with Crippen molar-refractivity contribution in [2.45, 2.75) is 39.2 Å². The molecule has 1 aromatic heterocycles. The minimum absolute atomic E-state index is 0.0757. The predicted octanol–water partition coefficient (Wildman–Crippen LogP) is 3.45. The SMILES string of the molecule is CC(C)c1ccc(CCC(=O)NCc2cccnc2)cc1. The minimum atomic E-state index is 0.0757. The minimum Gasteiger partial charge on any atom is -0.352 e. The topological polar surface area (TPSA) is 42.0 Å². The fourth-order valence-corrected chi connectivity index (χ4v) is 2.12. The Morgan fingerprint density at radius 2 is 1.90 bits per heavy atom. The summed E-state index contributed by atoms with van der Waals surface area (Å²) in [6.45, 7) is 4.90. The van der Waals surface area contributed by atoms with Crippen LogP contribution < -0.4 is 5.32 Å². The summed E-state index contributed by atoms with van der Waals surface area (Å²) in [6, 6.07) is 12.4. The van der Waals surface area contributed by atoms with E-state index in [2.05, 4.69) is 48.4 Å². The Balaban J connectivity index is 1.76. The zero-order valence-corrected chi connectivity index (χ0v) is 12.7. The Kier molecular flexibility index (Phi) is 5.50. The second-order valence-electron chi connectivity index (χ2n) is 5.53. The summed E-state index contributed by atoms with van der Waals surface area (Å²) in [4.78, 5) is 15.9. The van der Waals surface area contributed by atoms with Gasteiger partial charge in [-0.25, -0.2) is 0 Å². The number of aromatic nitrogens is 1. The molecule has 1 heterocycles. The number of hydrogen-bond acceptors (Lipinski definition) is 2. The number of carbonyl (C=O) groups excluding carboxylic acids is 1. The van der Waals surface area contributed by atoms with Gasteiger partial charge in [-0.05, 0) is 35.1 Å². The lowest BCUT2D eigenvalue weighted by Crippen LogP contribution is -2.23. The Morgan fingerprint density at radius 3 is 2.52 bits per heavy atom. The Labute approximate surface area is 126 Å². The third-order valence-corrected chi connectivity index (χ3v) is 3.50. The zero-order chi connectivity index (χ0) is 15.1. The van der Waals surface area contributed by atoms with Gasteiger partial charge in [0.2, 0.25) is 5.91 Å². The fraction of sp³-hybridized carbons (Fsp3) is 0.333. The van der Waals surface area contributed by atoms with E-state index < -0.39 is 0 Å². The van der Waals surface area contributed by atoms with Crippen molar-refractivity contribution < 1.29 is 4.79 Å². The maximum Gasteiger partial charge on any atom is 0.220 e. The average Bonchev–Trinajstić information content (AvgIpc) is 2.52. The summed E-state index contributed by atoms with van der Waals surface area (Å²) in [6.07, 6.45) is 4.79. The van der Waals surface area contributed by atoms with Gasteiger partial charge >= 0.3 is 0 Å². The van der Waals surface area contributed by atoms with Crippen molar-refractivity contribution in [2.24, 2.45) is 0 Å². The molecule has 0 aliphatic rings. The third kappa shape index (κ3) is 5.03. The molecule has 1 amide bonds. The quantitative estimate of drug-likeness (QED) is 0.881. The molecule has 110 valence electrons. The zero-order valence-electron chi connectivity index (χ0n) is 12.7. The van der Waals surface area contributed by atoms with Crippen LogP contribution in [0.3, 0.4) is 0 Å². The second-order valence-corrected chi connectivity index (χ2v) is 5.53. The van der Waals surface area contributed by atoms with Crippen LogP contribution in [-0.2, 0) is 17.8 Å². The van der Waals surface area contributed by atoms with Gasteiger partial charge in [0.05, 0.1) is 0 Å². The first-order valence-electron chi connectivity index (χ1n) is 7.39. The first kappa shape index (κ1) is 15.2. The molecule has 3 nitrogen and oxygen atoms in total. The highest BCUT2D eigenvalue weighted by molar-refractivity contribution is 5.76. The molecule has 0 aliphatic heterocycles. The van der Waals surface area contributed by atoms with Gasteiger partial charge in [-0.2, -0.15) is 0 Å². The van der Waals surface area contributed by atoms with E-state index in [1.54, 1.807) is 12.4 Å². The summed E-state index contributed by atoms with van der Waals surface area (Å²) >= 11 is 0. The molecule has 0 saturated heterocycles. The van der Waals surface area contributed by atoms with Crippen LogP contribution in [0.2, 0.25) is 0 Å². The van der Waals surface area contributed by atoms with Gasteiger partial charge in [0.15, 0.2) is 0 Å². The van der Waals surface area contributed by atoms with Crippen LogP contribution in [0.25, 0.3) is 0 Å². The van der Waals surface area contributed by atoms with Crippen LogP contribution >= 0.6 is 0 Å². The molecule has 0 saturated carbocycles. The summed E-state index contributed by atoms with van der Waals surface area (Å²) in [5, 5.41) is 2.92. The molecule has 0 atom stereocenters. The molecule has 0 fully saturated rings. The standard InChI is InChI=1S/C18H22N2O/c1-14(2)17-8-5-15(6-9-17)7-10-18(21)20-13-16-4-3-11-19-12-16/h3-6,8-9,11-12,14H,7,10,13H2,1-2H3,(H,20,21). The Bertz CT molecular complexity index is 562. The molecule has 1 N–H and O–H groups in total. The highest BCUT2D eigenvalue weighted by Crippen LogP contribution is 2.15. The van der Waals surface area contributed by atoms with Crippen LogP contribution in [0.15, 0.2) is 48.8 Å². The summed E-state index contributed by atoms with van der Waals surface area (Å²) < 4.78 is 0. The van der Waals surface area contributed by atoms with Crippen molar-refractivity contribution in [3.05, 3.63) is 65.5 Å². The number of aryl methyl sites for hydroxylation is 1. The number of rotatable bonds is 6. The molecule has 0 aliphatic carbocycles. The van der Waals surface area contributed by atoms with E-state index in [9.17, 15) is 4.79 Å². The van der Waals surface area contributed by atoms with Gasteiger partial charge in [-0.1, -0.05) is 44.2 Å². The smallest absolute Gasteiger partial charge is 0.220 e. The number of pyridine rings is 1. The predicted molar refractivity (Wildman–Crippen MR) is 84.9 cm³/mol. The molecule has 0 spiro atoms. The number of carbonyl (C=O) groups is 1. The highest BCUT2D eigenvalue weighted by Gasteiger charge is 2.03. The Hall–Kier alpha value is -2.16.